The smallest absolute Gasteiger partial charge is 0.251 e. The van der Waals surface area contributed by atoms with E-state index in [-0.39, 0.29) is 17.7 Å². The fraction of sp³-hybridized carbons (Fsp3) is 0.226. The predicted octanol–water partition coefficient (Wildman–Crippen LogP) is 4.80. The van der Waals surface area contributed by atoms with Gasteiger partial charge in [0.1, 0.15) is 11.6 Å². The molecule has 1 saturated heterocycles. The molecule has 9 heteroatoms. The van der Waals surface area contributed by atoms with Crippen LogP contribution in [0.15, 0.2) is 79.3 Å². The number of pyridine rings is 2. The number of aromatic amines is 1. The van der Waals surface area contributed by atoms with Crippen LogP contribution in [0.3, 0.4) is 0 Å². The van der Waals surface area contributed by atoms with Crippen molar-refractivity contribution in [2.75, 3.05) is 20.2 Å². The highest BCUT2D eigenvalue weighted by Gasteiger charge is 2.22. The quantitative estimate of drug-likeness (QED) is 0.275. The molecule has 0 radical (unpaired) electrons. The molecule has 0 bridgehead atoms. The molecule has 2 aromatic carbocycles. The molecule has 1 amide bonds. The standard InChI is InChI=1S/C31H30N6O3/c1-40-31-24(3-2-12-33-31)21-5-7-28(38)25(17-21)29-35-26-6-4-22(18-27(26)36-29)30(39)34-23-10-15-37(16-11-23)19-20-8-13-32-14-9-20/h2-9,12-14,17-18,23,38H,10-11,15-16,19H2,1H3,(H,34,39)(H,35,36). The molecular formula is C31H30N6O3. The highest BCUT2D eigenvalue weighted by atomic mass is 16.5. The number of nitrogens with one attached hydrogen (secondary N) is 2. The minimum Gasteiger partial charge on any atom is -0.507 e. The number of hydrogen-bond donors (Lipinski definition) is 3. The van der Waals surface area contributed by atoms with E-state index in [1.807, 2.05) is 60.9 Å². The summed E-state index contributed by atoms with van der Waals surface area (Å²) in [5.41, 5.74) is 5.44. The first-order valence-electron chi connectivity index (χ1n) is 13.3. The van der Waals surface area contributed by atoms with Crippen LogP contribution in [-0.4, -0.2) is 62.1 Å². The van der Waals surface area contributed by atoms with Crippen LogP contribution in [0.1, 0.15) is 28.8 Å². The number of methoxy groups -OCH3 is 1. The molecule has 6 rings (SSSR count). The van der Waals surface area contributed by atoms with Gasteiger partial charge in [-0.25, -0.2) is 9.97 Å². The Morgan fingerprint density at radius 2 is 1.88 bits per heavy atom. The number of phenolic OH excluding ortho intramolecular Hbond substituents is 1. The van der Waals surface area contributed by atoms with Crippen LogP contribution in [-0.2, 0) is 6.54 Å². The third-order valence-electron chi connectivity index (χ3n) is 7.35. The second-order valence-corrected chi connectivity index (χ2v) is 9.99. The van der Waals surface area contributed by atoms with Crippen LogP contribution in [0.4, 0.5) is 0 Å². The summed E-state index contributed by atoms with van der Waals surface area (Å²) < 4.78 is 5.40. The summed E-state index contributed by atoms with van der Waals surface area (Å²) in [6.45, 7) is 2.77. The van der Waals surface area contributed by atoms with Crippen molar-refractivity contribution in [3.8, 4) is 34.1 Å². The van der Waals surface area contributed by atoms with E-state index in [4.69, 9.17) is 4.74 Å². The van der Waals surface area contributed by atoms with E-state index in [0.29, 0.717) is 28.3 Å². The zero-order valence-corrected chi connectivity index (χ0v) is 22.2. The number of piperidine rings is 1. The Hall–Kier alpha value is -4.76. The summed E-state index contributed by atoms with van der Waals surface area (Å²) in [5.74, 6) is 1.01. The number of imidazole rings is 1. The number of H-pyrrole nitrogens is 1. The van der Waals surface area contributed by atoms with E-state index < -0.39 is 0 Å². The number of carbonyl (C=O) groups is 1. The predicted molar refractivity (Wildman–Crippen MR) is 153 cm³/mol. The summed E-state index contributed by atoms with van der Waals surface area (Å²) in [6, 6.07) is 18.7. The largest absolute Gasteiger partial charge is 0.507 e. The topological polar surface area (TPSA) is 116 Å². The van der Waals surface area contributed by atoms with E-state index >= 15 is 0 Å². The number of nitrogens with zero attached hydrogens (tertiary/aromatic N) is 4. The molecule has 0 saturated carbocycles. The van der Waals surface area contributed by atoms with Crippen LogP contribution < -0.4 is 10.1 Å². The van der Waals surface area contributed by atoms with Gasteiger partial charge in [-0.15, -0.1) is 0 Å². The minimum atomic E-state index is -0.0980. The van der Waals surface area contributed by atoms with E-state index in [9.17, 15) is 9.90 Å². The average Bonchev–Trinajstić information content (AvgIpc) is 3.42. The van der Waals surface area contributed by atoms with Gasteiger partial charge < -0.3 is 20.1 Å². The first-order chi connectivity index (χ1) is 19.6. The molecule has 3 aromatic heterocycles. The second kappa shape index (κ2) is 11.2. The van der Waals surface area contributed by atoms with Gasteiger partial charge in [0.25, 0.3) is 5.91 Å². The van der Waals surface area contributed by atoms with E-state index in [0.717, 1.165) is 49.1 Å². The van der Waals surface area contributed by atoms with Gasteiger partial charge in [-0.2, -0.15) is 0 Å². The van der Waals surface area contributed by atoms with Crippen molar-refractivity contribution in [2.45, 2.75) is 25.4 Å². The third-order valence-corrected chi connectivity index (χ3v) is 7.35. The molecule has 202 valence electrons. The number of aromatic nitrogens is 4. The number of carbonyl (C=O) groups excluding carboxylic acids is 1. The highest BCUT2D eigenvalue weighted by molar-refractivity contribution is 5.98. The second-order valence-electron chi connectivity index (χ2n) is 9.99. The molecule has 0 atom stereocenters. The lowest BCUT2D eigenvalue weighted by atomic mass is 10.0. The van der Waals surface area contributed by atoms with Crippen LogP contribution in [0.25, 0.3) is 33.5 Å². The molecule has 9 nitrogen and oxygen atoms in total. The van der Waals surface area contributed by atoms with Crippen LogP contribution >= 0.6 is 0 Å². The van der Waals surface area contributed by atoms with Crippen molar-refractivity contribution >= 4 is 16.9 Å². The zero-order valence-electron chi connectivity index (χ0n) is 22.2. The number of fused-ring (bicyclic) bond motifs is 1. The fourth-order valence-electron chi connectivity index (χ4n) is 5.20. The van der Waals surface area contributed by atoms with Gasteiger partial charge in [0.05, 0.1) is 23.7 Å². The van der Waals surface area contributed by atoms with Crippen molar-refractivity contribution in [3.63, 3.8) is 0 Å². The van der Waals surface area contributed by atoms with Gasteiger partial charge in [-0.1, -0.05) is 6.07 Å². The SMILES string of the molecule is COc1ncccc1-c1ccc(O)c(-c2nc3ccc(C(=O)NC4CCN(Cc5ccncc5)CC4)cc3[nH]2)c1. The molecule has 3 N–H and O–H groups in total. The summed E-state index contributed by atoms with van der Waals surface area (Å²) >= 11 is 0. The first kappa shape index (κ1) is 25.5. The Bertz CT molecular complexity index is 1640. The molecular weight excluding hydrogens is 504 g/mol. The minimum absolute atomic E-state index is 0.0962. The van der Waals surface area contributed by atoms with E-state index in [2.05, 4.69) is 30.2 Å². The molecule has 1 aliphatic heterocycles. The number of amides is 1. The molecule has 5 aromatic rings. The number of likely N-dealkylation sites (tertiary alicyclic amines) is 1. The Morgan fingerprint density at radius 1 is 1.05 bits per heavy atom. The Balaban J connectivity index is 1.15. The first-order valence-corrected chi connectivity index (χ1v) is 13.3. The van der Waals surface area contributed by atoms with Crippen molar-refractivity contribution < 1.29 is 14.6 Å². The maximum absolute atomic E-state index is 13.1. The number of ether oxygens (including phenoxy) is 1. The third kappa shape index (κ3) is 5.37. The number of hydrogen-bond acceptors (Lipinski definition) is 7. The Labute approximate surface area is 231 Å². The van der Waals surface area contributed by atoms with Gasteiger partial charge in [0.2, 0.25) is 5.88 Å². The molecule has 0 aliphatic carbocycles. The lowest BCUT2D eigenvalue weighted by Crippen LogP contribution is -2.44. The lowest BCUT2D eigenvalue weighted by molar-refractivity contribution is 0.0909. The maximum Gasteiger partial charge on any atom is 0.251 e. The van der Waals surface area contributed by atoms with E-state index in [1.165, 1.54) is 5.56 Å². The van der Waals surface area contributed by atoms with Gasteiger partial charge in [-0.05, 0) is 78.6 Å². The zero-order chi connectivity index (χ0) is 27.5. The van der Waals surface area contributed by atoms with Crippen LogP contribution in [0, 0.1) is 0 Å². The van der Waals surface area contributed by atoms with Gasteiger partial charge in [0, 0.05) is 55.4 Å². The molecule has 40 heavy (non-hydrogen) atoms. The number of rotatable bonds is 7. The average molecular weight is 535 g/mol. The van der Waals surface area contributed by atoms with Crippen molar-refractivity contribution in [2.24, 2.45) is 0 Å². The van der Waals surface area contributed by atoms with Gasteiger partial charge >= 0.3 is 0 Å². The normalized spacial score (nSPS) is 14.3. The lowest BCUT2D eigenvalue weighted by Gasteiger charge is -2.32. The summed E-state index contributed by atoms with van der Waals surface area (Å²) in [4.78, 5) is 31.8. The molecule has 0 unspecified atom stereocenters. The summed E-state index contributed by atoms with van der Waals surface area (Å²) in [7, 11) is 1.58. The van der Waals surface area contributed by atoms with Crippen molar-refractivity contribution in [1.82, 2.24) is 30.2 Å². The van der Waals surface area contributed by atoms with Crippen LogP contribution in [0.5, 0.6) is 11.6 Å². The molecule has 4 heterocycles. The Kier molecular flexibility index (Phi) is 7.11. The summed E-state index contributed by atoms with van der Waals surface area (Å²) in [5, 5.41) is 13.8. The number of benzene rings is 2. The van der Waals surface area contributed by atoms with Gasteiger partial charge in [0.15, 0.2) is 0 Å². The monoisotopic (exact) mass is 534 g/mol. The summed E-state index contributed by atoms with van der Waals surface area (Å²) in [6.07, 6.45) is 7.13. The van der Waals surface area contributed by atoms with Crippen molar-refractivity contribution in [3.05, 3.63) is 90.4 Å². The van der Waals surface area contributed by atoms with Crippen molar-refractivity contribution in [1.29, 1.82) is 0 Å². The Morgan fingerprint density at radius 3 is 2.67 bits per heavy atom. The molecule has 1 fully saturated rings. The fourth-order valence-corrected chi connectivity index (χ4v) is 5.20. The van der Waals surface area contributed by atoms with Crippen LogP contribution in [0.2, 0.25) is 0 Å². The number of phenols is 1. The molecule has 1 aliphatic rings. The maximum atomic E-state index is 13.1. The number of aromatic hydroxyl groups is 1. The highest BCUT2D eigenvalue weighted by Crippen LogP contribution is 2.35. The molecule has 0 spiro atoms. The van der Waals surface area contributed by atoms with Gasteiger partial charge in [-0.3, -0.25) is 14.7 Å². The van der Waals surface area contributed by atoms with E-state index in [1.54, 1.807) is 25.4 Å².